The van der Waals surface area contributed by atoms with E-state index in [0.717, 1.165) is 0 Å². The van der Waals surface area contributed by atoms with Crippen LogP contribution in [0.15, 0.2) is 24.3 Å². The Morgan fingerprint density at radius 3 is 2.05 bits per heavy atom. The van der Waals surface area contributed by atoms with Crippen LogP contribution >= 0.6 is 0 Å². The largest absolute Gasteiger partial charge is 0.460 e. The molecule has 1 N–H and O–H groups in total. The van der Waals surface area contributed by atoms with Gasteiger partial charge in [-0.1, -0.05) is 52.0 Å². The third-order valence-electron chi connectivity index (χ3n) is 12.2. The second-order valence-electron chi connectivity index (χ2n) is 17.5. The summed E-state index contributed by atoms with van der Waals surface area (Å²) in [6, 6.07) is 0. The first-order valence-corrected chi connectivity index (χ1v) is 22.2. The lowest BCUT2D eigenvalue weighted by atomic mass is 9.85. The van der Waals surface area contributed by atoms with Crippen molar-refractivity contribution in [3.05, 3.63) is 24.3 Å². The lowest BCUT2D eigenvalue weighted by molar-refractivity contribution is -0.319. The predicted molar refractivity (Wildman–Crippen MR) is 216 cm³/mol. The van der Waals surface area contributed by atoms with Crippen LogP contribution in [0.3, 0.4) is 0 Å². The number of rotatable bonds is 11. The molecule has 61 heavy (non-hydrogen) atoms. The number of esters is 5. The molecule has 0 unspecified atom stereocenters. The first kappa shape index (κ1) is 48.6. The maximum atomic E-state index is 13.7. The van der Waals surface area contributed by atoms with Crippen molar-refractivity contribution in [3.8, 4) is 0 Å². The molecule has 0 aromatic heterocycles. The summed E-state index contributed by atoms with van der Waals surface area (Å²) < 4.78 is 61.0. The van der Waals surface area contributed by atoms with Gasteiger partial charge in [-0.25, -0.2) is 4.79 Å². The van der Waals surface area contributed by atoms with E-state index in [4.69, 9.17) is 47.4 Å². The molecule has 344 valence electrons. The summed E-state index contributed by atoms with van der Waals surface area (Å²) in [5.41, 5.74) is -2.24. The van der Waals surface area contributed by atoms with E-state index in [9.17, 15) is 29.1 Å². The zero-order valence-electron chi connectivity index (χ0n) is 37.0. The van der Waals surface area contributed by atoms with Gasteiger partial charge < -0.3 is 52.5 Å². The highest BCUT2D eigenvalue weighted by molar-refractivity contribution is 5.83. The molecule has 5 aliphatic rings. The van der Waals surface area contributed by atoms with Gasteiger partial charge in [0.05, 0.1) is 36.6 Å². The fourth-order valence-electron chi connectivity index (χ4n) is 9.27. The van der Waals surface area contributed by atoms with Crippen LogP contribution in [0.5, 0.6) is 0 Å². The van der Waals surface area contributed by atoms with E-state index in [-0.39, 0.29) is 62.6 Å². The maximum Gasteiger partial charge on any atom is 0.342 e. The second-order valence-corrected chi connectivity index (χ2v) is 17.5. The van der Waals surface area contributed by atoms with Crippen molar-refractivity contribution in [2.75, 3.05) is 7.11 Å². The zero-order chi connectivity index (χ0) is 44.4. The Labute approximate surface area is 359 Å². The third kappa shape index (κ3) is 13.1. The molecule has 0 saturated carbocycles. The number of fused-ring (bicyclic) bond motifs is 6. The van der Waals surface area contributed by atoms with Gasteiger partial charge in [0.15, 0.2) is 18.5 Å². The number of carbonyl (C=O) groups excluding carboxylic acids is 5. The molecular weight excluding hydrogens is 796 g/mol. The minimum atomic E-state index is -2.24. The molecule has 0 amide bonds. The number of allylic oxidation sites excluding steroid dienone is 3. The highest BCUT2D eigenvalue weighted by atomic mass is 16.7. The quantitative estimate of drug-likeness (QED) is 0.212. The van der Waals surface area contributed by atoms with Gasteiger partial charge in [-0.3, -0.25) is 19.2 Å². The SMILES string of the molecule is CCCC(=O)O[C@H]1[C@@H](OC)[C@H](O[C@@H]2C[C@@H]3C[C@@H](OC(C)=O)[C@@]4(O)C[C@H](C[C@H](OC(C)=O)[C@@H]5C[C@H](C)[C@H](C/C=C\C=C\[C@H](C)C[C@H](C2)O3)O5)OC4=O)O[C@@H](C)[C@H]1OC(=O)CCC. The van der Waals surface area contributed by atoms with Crippen LogP contribution in [-0.2, 0) is 71.3 Å². The number of aliphatic hydroxyl groups is 1. The van der Waals surface area contributed by atoms with E-state index in [1.165, 1.54) is 21.0 Å². The average molecular weight is 865 g/mol. The van der Waals surface area contributed by atoms with E-state index in [1.807, 2.05) is 26.0 Å². The molecule has 0 radical (unpaired) electrons. The van der Waals surface area contributed by atoms with Crippen molar-refractivity contribution in [2.24, 2.45) is 11.8 Å². The molecule has 16 atom stereocenters. The van der Waals surface area contributed by atoms with Crippen LogP contribution in [0.4, 0.5) is 0 Å². The molecule has 5 aliphatic heterocycles. The molecule has 5 heterocycles. The van der Waals surface area contributed by atoms with E-state index in [0.29, 0.717) is 38.5 Å². The molecular formula is C45H68O16. The number of methoxy groups -OCH3 is 1. The Balaban J connectivity index is 1.43. The van der Waals surface area contributed by atoms with E-state index < -0.39 is 103 Å². The van der Waals surface area contributed by atoms with Gasteiger partial charge in [0, 0.05) is 65.9 Å². The van der Waals surface area contributed by atoms with Gasteiger partial charge in [0.2, 0.25) is 5.60 Å². The van der Waals surface area contributed by atoms with Gasteiger partial charge in [0.25, 0.3) is 0 Å². The number of hydrogen-bond acceptors (Lipinski definition) is 16. The summed E-state index contributed by atoms with van der Waals surface area (Å²) in [5.74, 6) is -2.88. The van der Waals surface area contributed by atoms with Crippen molar-refractivity contribution in [1.29, 1.82) is 0 Å². The lowest BCUT2D eigenvalue weighted by Gasteiger charge is -2.46. The topological polar surface area (TPSA) is 198 Å². The number of ether oxygens (including phenoxy) is 10. The van der Waals surface area contributed by atoms with Crippen molar-refractivity contribution in [3.63, 3.8) is 0 Å². The van der Waals surface area contributed by atoms with Crippen molar-refractivity contribution >= 4 is 29.8 Å². The van der Waals surface area contributed by atoms with E-state index in [2.05, 4.69) is 26.0 Å². The predicted octanol–water partition coefficient (Wildman–Crippen LogP) is 5.13. The lowest BCUT2D eigenvalue weighted by Crippen LogP contribution is -2.61. The smallest absolute Gasteiger partial charge is 0.342 e. The molecule has 0 spiro atoms. The first-order valence-electron chi connectivity index (χ1n) is 22.2. The molecule has 16 heteroatoms. The fourth-order valence-corrected chi connectivity index (χ4v) is 9.27. The number of hydrogen-bond donors (Lipinski definition) is 1. The van der Waals surface area contributed by atoms with Gasteiger partial charge >= 0.3 is 29.8 Å². The van der Waals surface area contributed by atoms with Crippen molar-refractivity contribution in [2.45, 2.75) is 211 Å². The Bertz CT molecular complexity index is 1560. The molecule has 16 nitrogen and oxygen atoms in total. The van der Waals surface area contributed by atoms with Crippen LogP contribution in [-0.4, -0.2) is 127 Å². The first-order chi connectivity index (χ1) is 29.0. The second kappa shape index (κ2) is 22.3. The summed E-state index contributed by atoms with van der Waals surface area (Å²) in [6.45, 7) is 12.1. The van der Waals surface area contributed by atoms with Crippen LogP contribution in [0.2, 0.25) is 0 Å². The molecule has 6 bridgehead atoms. The van der Waals surface area contributed by atoms with Crippen LogP contribution in [0.1, 0.15) is 126 Å². The summed E-state index contributed by atoms with van der Waals surface area (Å²) in [7, 11) is 1.44. The molecule has 4 fully saturated rings. The Morgan fingerprint density at radius 1 is 0.754 bits per heavy atom. The third-order valence-corrected chi connectivity index (χ3v) is 12.2. The van der Waals surface area contributed by atoms with Gasteiger partial charge in [0.1, 0.15) is 24.4 Å². The highest BCUT2D eigenvalue weighted by Crippen LogP contribution is 2.41. The van der Waals surface area contributed by atoms with Gasteiger partial charge in [-0.2, -0.15) is 0 Å². The molecule has 4 saturated heterocycles. The molecule has 0 aromatic carbocycles. The minimum Gasteiger partial charge on any atom is -0.460 e. The van der Waals surface area contributed by atoms with E-state index in [1.54, 1.807) is 6.92 Å². The number of carbonyl (C=O) groups is 5. The molecule has 5 rings (SSSR count). The summed E-state index contributed by atoms with van der Waals surface area (Å²) >= 11 is 0. The Kier molecular flexibility index (Phi) is 17.8. The minimum absolute atomic E-state index is 0.0489. The molecule has 0 aliphatic carbocycles. The van der Waals surface area contributed by atoms with Crippen LogP contribution < -0.4 is 0 Å². The normalized spacial score (nSPS) is 40.5. The van der Waals surface area contributed by atoms with Crippen molar-refractivity contribution < 1.29 is 76.4 Å². The summed E-state index contributed by atoms with van der Waals surface area (Å²) in [4.78, 5) is 64.1. The van der Waals surface area contributed by atoms with Gasteiger partial charge in [-0.15, -0.1) is 0 Å². The van der Waals surface area contributed by atoms with Crippen molar-refractivity contribution in [1.82, 2.24) is 0 Å². The standard InChI is InChI=1S/C45H68O16/c1-9-14-38(48)60-40-27(5)53-43(42(52-8)41(40)61-39(49)15-10-2)57-31-20-30-18-25(3)16-12-11-13-17-34-26(4)19-35(59-34)36(54-28(6)46)22-33-24-45(51,44(50)58-33)37(55-29(7)47)23-32(21-31)56-30/h11-13,16,25-27,30-37,40-43,51H,9-10,14-15,17-24H2,1-8H3/b13-11-,16-12+/t25-,26-,27-,30+,31-,32+,33-,34-,35-,36-,37+,40+,41+,42+,43-,45-/m0/s1. The van der Waals surface area contributed by atoms with E-state index >= 15 is 0 Å². The Hall–Kier alpha value is -3.41. The average Bonchev–Trinajstić information content (AvgIpc) is 3.69. The molecule has 0 aromatic rings. The monoisotopic (exact) mass is 864 g/mol. The highest BCUT2D eigenvalue weighted by Gasteiger charge is 2.57. The van der Waals surface area contributed by atoms with Crippen LogP contribution in [0, 0.1) is 11.8 Å². The Morgan fingerprint density at radius 2 is 1.41 bits per heavy atom. The summed E-state index contributed by atoms with van der Waals surface area (Å²) in [6.07, 6.45) is 1.93. The fraction of sp³-hybridized carbons (Fsp3) is 0.800. The van der Waals surface area contributed by atoms with Gasteiger partial charge in [-0.05, 0) is 50.9 Å². The van der Waals surface area contributed by atoms with Crippen LogP contribution in [0.25, 0.3) is 0 Å². The maximum absolute atomic E-state index is 13.7. The zero-order valence-corrected chi connectivity index (χ0v) is 37.0. The summed E-state index contributed by atoms with van der Waals surface area (Å²) in [5, 5.41) is 12.1.